The second-order valence-corrected chi connectivity index (χ2v) is 13.6. The van der Waals surface area contributed by atoms with E-state index in [-0.39, 0.29) is 0 Å². The van der Waals surface area contributed by atoms with Crippen LogP contribution in [0.3, 0.4) is 0 Å². The average Bonchev–Trinajstić information content (AvgIpc) is 3.76. The Labute approximate surface area is 292 Å². The molecule has 10 rings (SSSR count). The van der Waals surface area contributed by atoms with E-state index in [1.165, 1.54) is 27.0 Å². The summed E-state index contributed by atoms with van der Waals surface area (Å²) in [6.07, 6.45) is 0. The second kappa shape index (κ2) is 11.7. The fourth-order valence-corrected chi connectivity index (χ4v) is 8.19. The zero-order chi connectivity index (χ0) is 33.0. The number of thiophene rings is 1. The van der Waals surface area contributed by atoms with Gasteiger partial charge in [-0.25, -0.2) is 9.97 Å². The van der Waals surface area contributed by atoms with Crippen LogP contribution in [0.15, 0.2) is 174 Å². The minimum atomic E-state index is 0.699. The molecule has 0 fully saturated rings. The van der Waals surface area contributed by atoms with Crippen molar-refractivity contribution in [2.24, 2.45) is 0 Å². The van der Waals surface area contributed by atoms with Crippen LogP contribution >= 0.6 is 11.3 Å². The minimum Gasteiger partial charge on any atom is -0.456 e. The highest BCUT2D eigenvalue weighted by atomic mass is 32.1. The summed E-state index contributed by atoms with van der Waals surface area (Å²) < 4.78 is 8.83. The molecule has 3 aromatic heterocycles. The molecule has 0 saturated carbocycles. The molecule has 0 bridgehead atoms. The van der Waals surface area contributed by atoms with Crippen molar-refractivity contribution in [3.8, 4) is 56.0 Å². The summed E-state index contributed by atoms with van der Waals surface area (Å²) in [5.74, 6) is 0.699. The van der Waals surface area contributed by atoms with Gasteiger partial charge in [0.05, 0.1) is 15.9 Å². The number of nitrogens with zero attached hydrogens (tertiary/aromatic N) is 2. The van der Waals surface area contributed by atoms with Crippen molar-refractivity contribution in [1.29, 1.82) is 0 Å². The molecule has 7 aromatic carbocycles. The quantitative estimate of drug-likeness (QED) is 0.185. The Morgan fingerprint density at radius 1 is 0.420 bits per heavy atom. The maximum Gasteiger partial charge on any atom is 0.161 e. The highest BCUT2D eigenvalue weighted by Gasteiger charge is 2.20. The van der Waals surface area contributed by atoms with E-state index >= 15 is 0 Å². The van der Waals surface area contributed by atoms with Gasteiger partial charge in [-0.3, -0.25) is 0 Å². The van der Waals surface area contributed by atoms with Crippen LogP contribution in [0, 0.1) is 0 Å². The molecule has 0 atom stereocenters. The van der Waals surface area contributed by atoms with Crippen molar-refractivity contribution >= 4 is 53.6 Å². The van der Waals surface area contributed by atoms with Gasteiger partial charge in [0, 0.05) is 32.0 Å². The van der Waals surface area contributed by atoms with E-state index in [1.54, 1.807) is 11.3 Å². The molecule has 234 valence electrons. The van der Waals surface area contributed by atoms with Gasteiger partial charge >= 0.3 is 0 Å². The van der Waals surface area contributed by atoms with E-state index < -0.39 is 0 Å². The van der Waals surface area contributed by atoms with Gasteiger partial charge in [0.1, 0.15) is 11.2 Å². The Balaban J connectivity index is 1.04. The molecular formula is C46H28N2OS. The minimum absolute atomic E-state index is 0.699. The third kappa shape index (κ3) is 4.80. The molecule has 3 nitrogen and oxygen atoms in total. The van der Waals surface area contributed by atoms with E-state index in [2.05, 4.69) is 146 Å². The number of aromatic nitrogens is 2. The van der Waals surface area contributed by atoms with Crippen molar-refractivity contribution in [2.45, 2.75) is 0 Å². The summed E-state index contributed by atoms with van der Waals surface area (Å²) in [6, 6.07) is 59.6. The first-order valence-corrected chi connectivity index (χ1v) is 17.6. The average molecular weight is 657 g/mol. The van der Waals surface area contributed by atoms with Gasteiger partial charge in [-0.1, -0.05) is 146 Å². The number of hydrogen-bond donors (Lipinski definition) is 0. The molecule has 0 aliphatic heterocycles. The molecule has 0 unspecified atom stereocenters. The summed E-state index contributed by atoms with van der Waals surface area (Å²) in [7, 11) is 0. The summed E-state index contributed by atoms with van der Waals surface area (Å²) >= 11 is 1.75. The summed E-state index contributed by atoms with van der Waals surface area (Å²) in [6.45, 7) is 0. The predicted molar refractivity (Wildman–Crippen MR) is 209 cm³/mol. The van der Waals surface area contributed by atoms with Gasteiger partial charge in [-0.15, -0.1) is 11.3 Å². The molecule has 0 aliphatic rings. The normalized spacial score (nSPS) is 11.6. The monoisotopic (exact) mass is 656 g/mol. The first-order chi connectivity index (χ1) is 24.8. The van der Waals surface area contributed by atoms with Crippen molar-refractivity contribution in [2.75, 3.05) is 0 Å². The third-order valence-electron chi connectivity index (χ3n) is 9.55. The van der Waals surface area contributed by atoms with Crippen LogP contribution in [0.1, 0.15) is 0 Å². The lowest BCUT2D eigenvalue weighted by Crippen LogP contribution is -1.94. The highest BCUT2D eigenvalue weighted by molar-refractivity contribution is 7.26. The Hall–Kier alpha value is -6.36. The van der Waals surface area contributed by atoms with Crippen LogP contribution in [-0.2, 0) is 0 Å². The Morgan fingerprint density at radius 2 is 1.00 bits per heavy atom. The fraction of sp³-hybridized carbons (Fsp3) is 0. The molecule has 0 amide bonds. The van der Waals surface area contributed by atoms with Crippen molar-refractivity contribution in [3.05, 3.63) is 170 Å². The Kier molecular flexibility index (Phi) is 6.68. The number of hydrogen-bond acceptors (Lipinski definition) is 4. The highest BCUT2D eigenvalue weighted by Crippen LogP contribution is 2.42. The summed E-state index contributed by atoms with van der Waals surface area (Å²) in [4.78, 5) is 10.5. The van der Waals surface area contributed by atoms with Gasteiger partial charge in [0.15, 0.2) is 5.82 Å². The van der Waals surface area contributed by atoms with Gasteiger partial charge in [0.25, 0.3) is 0 Å². The zero-order valence-electron chi connectivity index (χ0n) is 26.9. The lowest BCUT2D eigenvalue weighted by molar-refractivity contribution is 0.669. The zero-order valence-corrected chi connectivity index (χ0v) is 27.7. The van der Waals surface area contributed by atoms with E-state index in [0.717, 1.165) is 65.5 Å². The fourth-order valence-electron chi connectivity index (χ4n) is 7.04. The van der Waals surface area contributed by atoms with Crippen molar-refractivity contribution in [1.82, 2.24) is 9.97 Å². The number of benzene rings is 7. The number of furan rings is 1. The van der Waals surface area contributed by atoms with Crippen molar-refractivity contribution in [3.63, 3.8) is 0 Å². The molecule has 0 radical (unpaired) electrons. The summed E-state index contributed by atoms with van der Waals surface area (Å²) in [5, 5.41) is 3.23. The first-order valence-electron chi connectivity index (χ1n) is 16.7. The van der Waals surface area contributed by atoms with E-state index in [4.69, 9.17) is 14.4 Å². The first kappa shape index (κ1) is 28.6. The molecule has 4 heteroatoms. The molecule has 3 heterocycles. The second-order valence-electron chi connectivity index (χ2n) is 12.6. The summed E-state index contributed by atoms with van der Waals surface area (Å²) in [5.41, 5.74) is 12.7. The largest absolute Gasteiger partial charge is 0.456 e. The lowest BCUT2D eigenvalue weighted by Gasteiger charge is -2.08. The van der Waals surface area contributed by atoms with Crippen LogP contribution in [0.25, 0.3) is 98.3 Å². The predicted octanol–water partition coefficient (Wildman–Crippen LogP) is 13.1. The molecule has 0 saturated heterocycles. The van der Waals surface area contributed by atoms with Gasteiger partial charge in [-0.2, -0.15) is 0 Å². The third-order valence-corrected chi connectivity index (χ3v) is 10.7. The van der Waals surface area contributed by atoms with E-state index in [1.807, 2.05) is 24.3 Å². The molecular weight excluding hydrogens is 629 g/mol. The Bertz CT molecular complexity index is 2840. The smallest absolute Gasteiger partial charge is 0.161 e. The van der Waals surface area contributed by atoms with Crippen LogP contribution in [0.5, 0.6) is 0 Å². The Morgan fingerprint density at radius 3 is 1.70 bits per heavy atom. The molecule has 0 N–H and O–H groups in total. The molecule has 50 heavy (non-hydrogen) atoms. The van der Waals surface area contributed by atoms with Crippen LogP contribution in [0.4, 0.5) is 0 Å². The van der Waals surface area contributed by atoms with Crippen molar-refractivity contribution < 1.29 is 4.42 Å². The van der Waals surface area contributed by atoms with Gasteiger partial charge in [0.2, 0.25) is 0 Å². The topological polar surface area (TPSA) is 38.9 Å². The standard InChI is InChI=1S/C46H28N2OS/c1-3-10-29(11-4-1)30-18-20-31(21-19-30)32-22-24-33(25-23-32)35-26-27-36-40(28-35)49-39-16-9-15-38(42(36)39)46-47-43(34-12-5-2-6-13-34)45-44(48-46)37-14-7-8-17-41(37)50-45/h1-28H. The van der Waals surface area contributed by atoms with E-state index in [0.29, 0.717) is 5.82 Å². The van der Waals surface area contributed by atoms with Crippen LogP contribution in [-0.4, -0.2) is 9.97 Å². The number of rotatable bonds is 5. The van der Waals surface area contributed by atoms with E-state index in [9.17, 15) is 0 Å². The molecule has 10 aromatic rings. The molecule has 0 aliphatic carbocycles. The maximum absolute atomic E-state index is 6.52. The van der Waals surface area contributed by atoms with Crippen LogP contribution in [0.2, 0.25) is 0 Å². The van der Waals surface area contributed by atoms with Gasteiger partial charge in [-0.05, 0) is 57.6 Å². The lowest BCUT2D eigenvalue weighted by atomic mass is 9.97. The van der Waals surface area contributed by atoms with Crippen LogP contribution < -0.4 is 0 Å². The SMILES string of the molecule is c1ccc(-c2ccc(-c3ccc(-c4ccc5c(c4)oc4cccc(-c6nc(-c7ccccc7)c7sc8ccccc8c7n6)c45)cc3)cc2)cc1. The molecule has 0 spiro atoms. The maximum atomic E-state index is 6.52. The number of fused-ring (bicyclic) bond motifs is 6. The van der Waals surface area contributed by atoms with Gasteiger partial charge < -0.3 is 4.42 Å².